The lowest BCUT2D eigenvalue weighted by molar-refractivity contribution is -0.397. The molecule has 0 aliphatic rings. The maximum atomic E-state index is 13.4. The summed E-state index contributed by atoms with van der Waals surface area (Å²) in [4.78, 5) is 36.0. The summed E-state index contributed by atoms with van der Waals surface area (Å²) < 4.78 is 129. The number of esters is 3. The second kappa shape index (κ2) is 11.9. The lowest BCUT2D eigenvalue weighted by Gasteiger charge is -2.44. The predicted molar refractivity (Wildman–Crippen MR) is 114 cm³/mol. The van der Waals surface area contributed by atoms with Gasteiger partial charge in [0.25, 0.3) is 0 Å². The Kier molecular flexibility index (Phi) is 11.2. The zero-order chi connectivity index (χ0) is 30.6. The Labute approximate surface area is 214 Å². The highest BCUT2D eigenvalue weighted by atomic mass is 19.4. The average molecular weight is 576 g/mol. The molecule has 0 saturated carbocycles. The Morgan fingerprint density at radius 3 is 1.58 bits per heavy atom. The molecular weight excluding hydrogens is 543 g/mol. The first-order chi connectivity index (χ1) is 16.7. The van der Waals surface area contributed by atoms with Gasteiger partial charge in [-0.2, -0.15) is 39.5 Å². The number of ether oxygens (including phenoxy) is 3. The number of halogens is 9. The van der Waals surface area contributed by atoms with Crippen LogP contribution in [0.3, 0.4) is 0 Å². The summed E-state index contributed by atoms with van der Waals surface area (Å²) in [7, 11) is 0. The molecule has 0 spiro atoms. The van der Waals surface area contributed by atoms with Gasteiger partial charge in [-0.3, -0.25) is 14.4 Å². The Bertz CT molecular complexity index is 847. The molecule has 1 unspecified atom stereocenters. The van der Waals surface area contributed by atoms with E-state index < -0.39 is 78.9 Å². The van der Waals surface area contributed by atoms with Gasteiger partial charge in [0.2, 0.25) is 6.79 Å². The second-order valence-electron chi connectivity index (χ2n) is 10.8. The Morgan fingerprint density at radius 1 is 0.684 bits per heavy atom. The van der Waals surface area contributed by atoms with Gasteiger partial charge in [-0.25, -0.2) is 0 Å². The summed E-state index contributed by atoms with van der Waals surface area (Å²) in [6.07, 6.45) is -9.49. The van der Waals surface area contributed by atoms with Crippen LogP contribution in [-0.2, 0) is 28.6 Å². The Hall–Kier alpha value is -2.22. The summed E-state index contributed by atoms with van der Waals surface area (Å²) in [6, 6.07) is 0. The van der Waals surface area contributed by atoms with Crippen molar-refractivity contribution in [3.05, 3.63) is 0 Å². The molecule has 0 fully saturated rings. The van der Waals surface area contributed by atoms with E-state index in [4.69, 9.17) is 4.74 Å². The average Bonchev–Trinajstić information content (AvgIpc) is 2.71. The number of carbonyl (C=O) groups excluding carboxylic acids is 3. The molecule has 0 radical (unpaired) electrons. The largest absolute Gasteiger partial charge is 0.465 e. The van der Waals surface area contributed by atoms with Crippen molar-refractivity contribution in [2.45, 2.75) is 98.1 Å². The minimum Gasteiger partial charge on any atom is -0.465 e. The van der Waals surface area contributed by atoms with Crippen molar-refractivity contribution in [1.82, 2.24) is 0 Å². The first-order valence-electron chi connectivity index (χ1n) is 11.4. The van der Waals surface area contributed by atoms with Crippen LogP contribution in [0.5, 0.6) is 0 Å². The molecule has 0 heterocycles. The normalized spacial score (nSPS) is 15.5. The van der Waals surface area contributed by atoms with Gasteiger partial charge in [-0.1, -0.05) is 48.0 Å². The standard InChI is InChI=1S/C23H33F9O6/c1-8-18(5,6)12-19(7,17(2,3)4)16(35)38-13-37-15(34)11-14(33)36-10-9-20(24,25)21(26,27)22(28,29)23(30,31)32/h8-13H2,1-7H3. The topological polar surface area (TPSA) is 78.9 Å². The predicted octanol–water partition coefficient (Wildman–Crippen LogP) is 6.70. The van der Waals surface area contributed by atoms with E-state index in [1.165, 1.54) is 0 Å². The van der Waals surface area contributed by atoms with Crippen molar-refractivity contribution in [3.8, 4) is 0 Å². The number of carbonyl (C=O) groups is 3. The molecule has 224 valence electrons. The Morgan fingerprint density at radius 2 is 1.16 bits per heavy atom. The molecule has 0 saturated heterocycles. The lowest BCUT2D eigenvalue weighted by atomic mass is 9.60. The van der Waals surface area contributed by atoms with Crippen LogP contribution in [0.4, 0.5) is 39.5 Å². The maximum absolute atomic E-state index is 13.4. The third kappa shape index (κ3) is 8.39. The molecule has 38 heavy (non-hydrogen) atoms. The van der Waals surface area contributed by atoms with Crippen molar-refractivity contribution in [2.24, 2.45) is 16.2 Å². The number of alkyl halides is 9. The second-order valence-corrected chi connectivity index (χ2v) is 10.8. The van der Waals surface area contributed by atoms with E-state index in [0.29, 0.717) is 6.42 Å². The van der Waals surface area contributed by atoms with Crippen LogP contribution in [0.25, 0.3) is 0 Å². The van der Waals surface area contributed by atoms with Crippen molar-refractivity contribution < 1.29 is 68.1 Å². The van der Waals surface area contributed by atoms with E-state index in [-0.39, 0.29) is 5.41 Å². The van der Waals surface area contributed by atoms with Crippen molar-refractivity contribution in [2.75, 3.05) is 13.4 Å². The third-order valence-electron chi connectivity index (χ3n) is 6.48. The van der Waals surface area contributed by atoms with E-state index in [0.717, 1.165) is 6.42 Å². The SMILES string of the molecule is CCC(C)(C)CC(C)(C(=O)OCOC(=O)CC(=O)OCCC(F)(F)C(F)(F)C(F)(F)C(F)(F)F)C(C)(C)C. The molecule has 1 atom stereocenters. The minimum atomic E-state index is -7.07. The molecule has 0 aromatic heterocycles. The van der Waals surface area contributed by atoms with Gasteiger partial charge in [-0.15, -0.1) is 0 Å². The zero-order valence-corrected chi connectivity index (χ0v) is 22.1. The Balaban J connectivity index is 4.90. The van der Waals surface area contributed by atoms with E-state index in [1.54, 1.807) is 6.92 Å². The highest BCUT2D eigenvalue weighted by Crippen LogP contribution is 2.54. The van der Waals surface area contributed by atoms with Gasteiger partial charge in [0.1, 0.15) is 6.42 Å². The van der Waals surface area contributed by atoms with Crippen LogP contribution in [0.15, 0.2) is 0 Å². The molecule has 0 aliphatic heterocycles. The summed E-state index contributed by atoms with van der Waals surface area (Å²) in [5.74, 6) is -23.6. The molecule has 0 N–H and O–H groups in total. The molecular formula is C23H33F9O6. The first-order valence-corrected chi connectivity index (χ1v) is 11.4. The van der Waals surface area contributed by atoms with Gasteiger partial charge >= 0.3 is 41.9 Å². The molecule has 6 nitrogen and oxygen atoms in total. The third-order valence-corrected chi connectivity index (χ3v) is 6.48. The zero-order valence-electron chi connectivity index (χ0n) is 22.1. The molecule has 0 aromatic carbocycles. The van der Waals surface area contributed by atoms with Gasteiger partial charge in [0.15, 0.2) is 0 Å². The van der Waals surface area contributed by atoms with Gasteiger partial charge in [0.05, 0.1) is 18.4 Å². The van der Waals surface area contributed by atoms with E-state index >= 15 is 0 Å². The lowest BCUT2D eigenvalue weighted by Crippen LogP contribution is -2.61. The monoisotopic (exact) mass is 576 g/mol. The molecule has 0 aromatic rings. The smallest absolute Gasteiger partial charge is 0.460 e. The number of rotatable bonds is 13. The fourth-order valence-electron chi connectivity index (χ4n) is 3.11. The van der Waals surface area contributed by atoms with Crippen LogP contribution >= 0.6 is 0 Å². The fourth-order valence-corrected chi connectivity index (χ4v) is 3.11. The molecule has 0 aliphatic carbocycles. The van der Waals surface area contributed by atoms with E-state index in [9.17, 15) is 53.9 Å². The quantitative estimate of drug-likeness (QED) is 0.105. The van der Waals surface area contributed by atoms with Crippen LogP contribution in [0.2, 0.25) is 0 Å². The highest BCUT2D eigenvalue weighted by molar-refractivity contribution is 5.91. The van der Waals surface area contributed by atoms with Crippen LogP contribution < -0.4 is 0 Å². The van der Waals surface area contributed by atoms with Crippen LogP contribution in [-0.4, -0.2) is 55.3 Å². The summed E-state index contributed by atoms with van der Waals surface area (Å²) in [5, 5.41) is 0. The summed E-state index contributed by atoms with van der Waals surface area (Å²) >= 11 is 0. The highest BCUT2D eigenvalue weighted by Gasteiger charge is 2.81. The fraction of sp³-hybridized carbons (Fsp3) is 0.870. The minimum absolute atomic E-state index is 0.245. The number of hydrogen-bond donors (Lipinski definition) is 0. The van der Waals surface area contributed by atoms with Crippen LogP contribution in [0.1, 0.15) is 74.1 Å². The van der Waals surface area contributed by atoms with Crippen molar-refractivity contribution in [3.63, 3.8) is 0 Å². The first kappa shape index (κ1) is 35.8. The molecule has 0 bridgehead atoms. The van der Waals surface area contributed by atoms with E-state index in [2.05, 4.69) is 9.47 Å². The van der Waals surface area contributed by atoms with Gasteiger partial charge < -0.3 is 14.2 Å². The molecule has 15 heteroatoms. The molecule has 0 rings (SSSR count). The van der Waals surface area contributed by atoms with Crippen molar-refractivity contribution in [1.29, 1.82) is 0 Å². The summed E-state index contributed by atoms with van der Waals surface area (Å²) in [5.41, 5.74) is -1.84. The van der Waals surface area contributed by atoms with Crippen LogP contribution in [0, 0.1) is 16.2 Å². The van der Waals surface area contributed by atoms with Crippen molar-refractivity contribution >= 4 is 17.9 Å². The van der Waals surface area contributed by atoms with E-state index in [1.807, 2.05) is 41.5 Å². The summed E-state index contributed by atoms with van der Waals surface area (Å²) in [6.45, 7) is 10.3. The van der Waals surface area contributed by atoms with Gasteiger partial charge in [0, 0.05) is 0 Å². The van der Waals surface area contributed by atoms with Gasteiger partial charge in [-0.05, 0) is 24.2 Å². The number of hydrogen-bond acceptors (Lipinski definition) is 6. The molecule has 0 amide bonds. The maximum Gasteiger partial charge on any atom is 0.460 e.